The molecule has 0 aliphatic heterocycles. The van der Waals surface area contributed by atoms with Gasteiger partial charge in [-0.3, -0.25) is 0 Å². The maximum Gasteiger partial charge on any atom is 0.150 e. The van der Waals surface area contributed by atoms with Crippen molar-refractivity contribution in [1.82, 2.24) is 9.97 Å². The van der Waals surface area contributed by atoms with Crippen molar-refractivity contribution >= 4 is 27.4 Å². The summed E-state index contributed by atoms with van der Waals surface area (Å²) in [6.45, 7) is 1.96. The molecule has 2 aromatic rings. The first-order valence-electron chi connectivity index (χ1n) is 3.25. The molecule has 0 aliphatic rings. The van der Waals surface area contributed by atoms with E-state index < -0.39 is 0 Å². The SMILES string of the molecule is Cc1nc2c(N)nccc2s1. The summed E-state index contributed by atoms with van der Waals surface area (Å²) >= 11 is 1.64. The minimum atomic E-state index is 0.520. The molecular weight excluding hydrogens is 158 g/mol. The van der Waals surface area contributed by atoms with Gasteiger partial charge in [0.25, 0.3) is 0 Å². The number of thiazole rings is 1. The van der Waals surface area contributed by atoms with Crippen LogP contribution in [0.4, 0.5) is 5.82 Å². The maximum absolute atomic E-state index is 5.60. The molecule has 0 saturated carbocycles. The average Bonchev–Trinajstić information content (AvgIpc) is 2.31. The summed E-state index contributed by atoms with van der Waals surface area (Å²) in [4.78, 5) is 8.19. The molecule has 0 amide bonds. The van der Waals surface area contributed by atoms with E-state index in [2.05, 4.69) is 9.97 Å². The topological polar surface area (TPSA) is 51.8 Å². The van der Waals surface area contributed by atoms with E-state index >= 15 is 0 Å². The van der Waals surface area contributed by atoms with Crippen molar-refractivity contribution in [3.05, 3.63) is 17.3 Å². The van der Waals surface area contributed by atoms with Crippen LogP contribution in [0, 0.1) is 6.92 Å². The number of hydrogen-bond acceptors (Lipinski definition) is 4. The second-order valence-corrected chi connectivity index (χ2v) is 3.51. The first-order valence-corrected chi connectivity index (χ1v) is 4.06. The van der Waals surface area contributed by atoms with Gasteiger partial charge in [-0.05, 0) is 13.0 Å². The minimum absolute atomic E-state index is 0.520. The molecule has 2 aromatic heterocycles. The van der Waals surface area contributed by atoms with Gasteiger partial charge in [0.05, 0.1) is 9.71 Å². The Bertz CT molecular complexity index is 393. The molecule has 4 heteroatoms. The number of nitrogens with zero attached hydrogens (tertiary/aromatic N) is 2. The molecule has 0 saturated heterocycles. The Hall–Kier alpha value is -1.16. The van der Waals surface area contributed by atoms with Crippen molar-refractivity contribution in [2.24, 2.45) is 0 Å². The second-order valence-electron chi connectivity index (χ2n) is 2.28. The molecule has 2 heterocycles. The highest BCUT2D eigenvalue weighted by Crippen LogP contribution is 2.23. The number of fused-ring (bicyclic) bond motifs is 1. The summed E-state index contributed by atoms with van der Waals surface area (Å²) in [5.41, 5.74) is 6.43. The van der Waals surface area contributed by atoms with E-state index in [1.807, 2.05) is 13.0 Å². The number of anilines is 1. The van der Waals surface area contributed by atoms with Gasteiger partial charge in [0.1, 0.15) is 5.52 Å². The van der Waals surface area contributed by atoms with E-state index in [1.165, 1.54) is 0 Å². The van der Waals surface area contributed by atoms with Crippen molar-refractivity contribution in [3.63, 3.8) is 0 Å². The zero-order chi connectivity index (χ0) is 7.84. The first-order chi connectivity index (χ1) is 5.27. The Kier molecular flexibility index (Phi) is 1.29. The number of rotatable bonds is 0. The zero-order valence-electron chi connectivity index (χ0n) is 6.03. The molecule has 0 aliphatic carbocycles. The molecule has 0 fully saturated rings. The predicted octanol–water partition coefficient (Wildman–Crippen LogP) is 1.58. The lowest BCUT2D eigenvalue weighted by Gasteiger charge is -1.89. The van der Waals surface area contributed by atoms with E-state index in [1.54, 1.807) is 17.5 Å². The molecule has 0 spiro atoms. The van der Waals surface area contributed by atoms with Crippen LogP contribution in [0.15, 0.2) is 12.3 Å². The Morgan fingerprint density at radius 2 is 2.36 bits per heavy atom. The summed E-state index contributed by atoms with van der Waals surface area (Å²) in [7, 11) is 0. The fourth-order valence-electron chi connectivity index (χ4n) is 0.986. The molecule has 0 unspecified atom stereocenters. The standard InChI is InChI=1S/C7H7N3S/c1-4-10-6-5(11-4)2-3-9-7(6)8/h2-3H,1H3,(H2,8,9). The lowest BCUT2D eigenvalue weighted by Crippen LogP contribution is -1.89. The van der Waals surface area contributed by atoms with E-state index in [4.69, 9.17) is 5.73 Å². The Morgan fingerprint density at radius 3 is 3.09 bits per heavy atom. The van der Waals surface area contributed by atoms with Gasteiger partial charge in [-0.25, -0.2) is 9.97 Å². The van der Waals surface area contributed by atoms with Gasteiger partial charge < -0.3 is 5.73 Å². The lowest BCUT2D eigenvalue weighted by molar-refractivity contribution is 1.30. The van der Waals surface area contributed by atoms with E-state index in [9.17, 15) is 0 Å². The van der Waals surface area contributed by atoms with Crippen molar-refractivity contribution in [3.8, 4) is 0 Å². The zero-order valence-corrected chi connectivity index (χ0v) is 6.85. The Balaban J connectivity index is 2.90. The van der Waals surface area contributed by atoms with Crippen LogP contribution in [-0.2, 0) is 0 Å². The molecule has 0 radical (unpaired) electrons. The van der Waals surface area contributed by atoms with E-state index in [0.29, 0.717) is 5.82 Å². The average molecular weight is 165 g/mol. The van der Waals surface area contributed by atoms with Gasteiger partial charge in [-0.15, -0.1) is 11.3 Å². The van der Waals surface area contributed by atoms with Crippen molar-refractivity contribution in [1.29, 1.82) is 0 Å². The molecule has 56 valence electrons. The number of pyridine rings is 1. The number of nitrogen functional groups attached to an aromatic ring is 1. The summed E-state index contributed by atoms with van der Waals surface area (Å²) in [6.07, 6.45) is 1.70. The molecule has 0 aromatic carbocycles. The largest absolute Gasteiger partial charge is 0.382 e. The summed E-state index contributed by atoms with van der Waals surface area (Å²) in [5, 5.41) is 1.03. The van der Waals surface area contributed by atoms with Crippen LogP contribution in [0.25, 0.3) is 10.2 Å². The van der Waals surface area contributed by atoms with E-state index in [0.717, 1.165) is 15.2 Å². The van der Waals surface area contributed by atoms with Crippen molar-refractivity contribution < 1.29 is 0 Å². The molecular formula is C7H7N3S. The number of aromatic nitrogens is 2. The highest BCUT2D eigenvalue weighted by atomic mass is 32.1. The van der Waals surface area contributed by atoms with Crippen LogP contribution in [0.3, 0.4) is 0 Å². The second kappa shape index (κ2) is 2.17. The Labute approximate surface area is 67.9 Å². The quantitative estimate of drug-likeness (QED) is 0.644. The molecule has 3 nitrogen and oxygen atoms in total. The first kappa shape index (κ1) is 6.54. The summed E-state index contributed by atoms with van der Waals surface area (Å²) in [5.74, 6) is 0.520. The maximum atomic E-state index is 5.60. The van der Waals surface area contributed by atoms with Crippen LogP contribution in [-0.4, -0.2) is 9.97 Å². The fraction of sp³-hybridized carbons (Fsp3) is 0.143. The molecule has 0 bridgehead atoms. The van der Waals surface area contributed by atoms with Crippen molar-refractivity contribution in [2.45, 2.75) is 6.92 Å². The molecule has 0 atom stereocenters. The molecule has 11 heavy (non-hydrogen) atoms. The van der Waals surface area contributed by atoms with Gasteiger partial charge in [0.2, 0.25) is 0 Å². The third-order valence-electron chi connectivity index (χ3n) is 1.44. The Morgan fingerprint density at radius 1 is 1.55 bits per heavy atom. The van der Waals surface area contributed by atoms with Crippen LogP contribution in [0.1, 0.15) is 5.01 Å². The van der Waals surface area contributed by atoms with Gasteiger partial charge in [0.15, 0.2) is 5.82 Å². The monoisotopic (exact) mass is 165 g/mol. The van der Waals surface area contributed by atoms with Gasteiger partial charge in [0, 0.05) is 6.20 Å². The van der Waals surface area contributed by atoms with Crippen molar-refractivity contribution in [2.75, 3.05) is 5.73 Å². The van der Waals surface area contributed by atoms with Crippen LogP contribution in [0.5, 0.6) is 0 Å². The van der Waals surface area contributed by atoms with Crippen LogP contribution < -0.4 is 5.73 Å². The molecule has 2 rings (SSSR count). The lowest BCUT2D eigenvalue weighted by atomic mass is 10.4. The smallest absolute Gasteiger partial charge is 0.150 e. The van der Waals surface area contributed by atoms with Gasteiger partial charge in [-0.1, -0.05) is 0 Å². The number of aryl methyl sites for hydroxylation is 1. The third-order valence-corrected chi connectivity index (χ3v) is 2.38. The predicted molar refractivity (Wildman–Crippen MR) is 46.6 cm³/mol. The van der Waals surface area contributed by atoms with Gasteiger partial charge >= 0.3 is 0 Å². The minimum Gasteiger partial charge on any atom is -0.382 e. The van der Waals surface area contributed by atoms with Gasteiger partial charge in [-0.2, -0.15) is 0 Å². The number of hydrogen-bond donors (Lipinski definition) is 1. The summed E-state index contributed by atoms with van der Waals surface area (Å²) in [6, 6.07) is 1.93. The molecule has 2 N–H and O–H groups in total. The fourth-order valence-corrected chi connectivity index (χ4v) is 1.82. The summed E-state index contributed by atoms with van der Waals surface area (Å²) < 4.78 is 1.11. The highest BCUT2D eigenvalue weighted by Gasteiger charge is 2.02. The highest BCUT2D eigenvalue weighted by molar-refractivity contribution is 7.18. The third kappa shape index (κ3) is 0.952. The number of nitrogens with two attached hydrogens (primary N) is 1. The normalized spacial score (nSPS) is 10.6. The van der Waals surface area contributed by atoms with Crippen LogP contribution in [0.2, 0.25) is 0 Å². The van der Waals surface area contributed by atoms with Crippen LogP contribution >= 0.6 is 11.3 Å². The van der Waals surface area contributed by atoms with E-state index in [-0.39, 0.29) is 0 Å².